The van der Waals surface area contributed by atoms with E-state index >= 15 is 0 Å². The number of rotatable bonds is 8. The summed E-state index contributed by atoms with van der Waals surface area (Å²) in [7, 11) is 0. The van der Waals surface area contributed by atoms with Crippen LogP contribution in [0.5, 0.6) is 0 Å². The Bertz CT molecular complexity index is 455. The first kappa shape index (κ1) is 14.1. The van der Waals surface area contributed by atoms with E-state index in [1.54, 1.807) is 0 Å². The van der Waals surface area contributed by atoms with Crippen LogP contribution in [0.2, 0.25) is 0 Å². The van der Waals surface area contributed by atoms with Gasteiger partial charge in [0.25, 0.3) is 0 Å². The highest BCUT2D eigenvalue weighted by Gasteiger charge is 2.07. The van der Waals surface area contributed by atoms with Gasteiger partial charge < -0.3 is 9.88 Å². The van der Waals surface area contributed by atoms with Crippen LogP contribution in [0.4, 0.5) is 0 Å². The van der Waals surface area contributed by atoms with E-state index in [1.165, 1.54) is 42.1 Å². The van der Waals surface area contributed by atoms with Crippen molar-refractivity contribution in [1.82, 2.24) is 9.88 Å². The molecule has 0 radical (unpaired) electrons. The zero-order chi connectivity index (χ0) is 13.5. The van der Waals surface area contributed by atoms with Gasteiger partial charge >= 0.3 is 0 Å². The molecular formula is C17H26N2. The average molecular weight is 258 g/mol. The van der Waals surface area contributed by atoms with E-state index < -0.39 is 0 Å². The van der Waals surface area contributed by atoms with Gasteiger partial charge in [0.05, 0.1) is 0 Å². The molecule has 0 unspecified atom stereocenters. The number of para-hydroxylation sites is 1. The molecule has 2 rings (SSSR count). The van der Waals surface area contributed by atoms with Gasteiger partial charge in [0.1, 0.15) is 0 Å². The number of nitrogens with one attached hydrogen (secondary N) is 1. The Labute approximate surface area is 116 Å². The Morgan fingerprint density at radius 1 is 1.05 bits per heavy atom. The fourth-order valence-corrected chi connectivity index (χ4v) is 2.58. The van der Waals surface area contributed by atoms with Crippen molar-refractivity contribution in [2.75, 3.05) is 6.54 Å². The van der Waals surface area contributed by atoms with Crippen molar-refractivity contribution < 1.29 is 0 Å². The number of aryl methyl sites for hydroxylation is 1. The van der Waals surface area contributed by atoms with Crippen LogP contribution in [0.3, 0.4) is 0 Å². The molecule has 0 fully saturated rings. The third-order valence-electron chi connectivity index (χ3n) is 3.62. The van der Waals surface area contributed by atoms with Crippen molar-refractivity contribution in [3.05, 3.63) is 36.0 Å². The third-order valence-corrected chi connectivity index (χ3v) is 3.62. The second-order valence-corrected chi connectivity index (χ2v) is 5.25. The summed E-state index contributed by atoms with van der Waals surface area (Å²) in [6, 6.07) is 8.77. The lowest BCUT2D eigenvalue weighted by Gasteiger charge is -2.03. The molecule has 1 aromatic carbocycles. The number of nitrogens with zero attached hydrogens (tertiary/aromatic N) is 1. The zero-order valence-electron chi connectivity index (χ0n) is 12.3. The zero-order valence-corrected chi connectivity index (χ0v) is 12.3. The molecule has 0 bridgehead atoms. The van der Waals surface area contributed by atoms with Crippen LogP contribution < -0.4 is 5.32 Å². The Morgan fingerprint density at radius 2 is 1.89 bits per heavy atom. The molecule has 0 aliphatic heterocycles. The smallest absolute Gasteiger partial charge is 0.0483 e. The molecule has 19 heavy (non-hydrogen) atoms. The Kier molecular flexibility index (Phi) is 5.46. The summed E-state index contributed by atoms with van der Waals surface area (Å²) in [6.07, 6.45) is 7.40. The lowest BCUT2D eigenvalue weighted by molar-refractivity contribution is 0.612. The summed E-state index contributed by atoms with van der Waals surface area (Å²) in [5.74, 6) is 0. The summed E-state index contributed by atoms with van der Waals surface area (Å²) in [5, 5.41) is 4.92. The molecule has 1 N–H and O–H groups in total. The van der Waals surface area contributed by atoms with E-state index in [2.05, 4.69) is 54.2 Å². The molecule has 0 atom stereocenters. The molecule has 0 amide bonds. The highest BCUT2D eigenvalue weighted by molar-refractivity contribution is 5.83. The maximum absolute atomic E-state index is 3.51. The second kappa shape index (κ2) is 7.34. The van der Waals surface area contributed by atoms with E-state index in [0.29, 0.717) is 0 Å². The number of hydrogen-bond donors (Lipinski definition) is 1. The lowest BCUT2D eigenvalue weighted by Crippen LogP contribution is -2.13. The van der Waals surface area contributed by atoms with Gasteiger partial charge in [0.15, 0.2) is 0 Å². The van der Waals surface area contributed by atoms with Gasteiger partial charge in [-0.05, 0) is 31.0 Å². The third kappa shape index (κ3) is 3.60. The molecule has 1 heterocycles. The van der Waals surface area contributed by atoms with Crippen LogP contribution in [0.15, 0.2) is 30.5 Å². The van der Waals surface area contributed by atoms with Gasteiger partial charge in [-0.15, -0.1) is 0 Å². The van der Waals surface area contributed by atoms with E-state index in [-0.39, 0.29) is 0 Å². The molecular weight excluding hydrogens is 232 g/mol. The van der Waals surface area contributed by atoms with Crippen LogP contribution in [0.1, 0.15) is 45.1 Å². The maximum Gasteiger partial charge on any atom is 0.0483 e. The van der Waals surface area contributed by atoms with E-state index in [1.807, 2.05) is 0 Å². The normalized spacial score (nSPS) is 11.3. The Morgan fingerprint density at radius 3 is 2.68 bits per heavy atom. The predicted octanol–water partition coefficient (Wildman–Crippen LogP) is 4.33. The number of fused-ring (bicyclic) bond motifs is 1. The molecule has 1 aromatic heterocycles. The molecule has 2 heteroatoms. The first-order chi connectivity index (χ1) is 9.36. The number of unbranched alkanes of at least 4 members (excludes halogenated alkanes) is 2. The van der Waals surface area contributed by atoms with Crippen molar-refractivity contribution in [1.29, 1.82) is 0 Å². The number of hydrogen-bond acceptors (Lipinski definition) is 1. The highest BCUT2D eigenvalue weighted by Crippen LogP contribution is 2.21. The minimum Gasteiger partial charge on any atom is -0.347 e. The van der Waals surface area contributed by atoms with Gasteiger partial charge in [0, 0.05) is 30.2 Å². The van der Waals surface area contributed by atoms with E-state index in [0.717, 1.165) is 19.6 Å². The first-order valence-corrected chi connectivity index (χ1v) is 7.64. The molecule has 0 saturated heterocycles. The summed E-state index contributed by atoms with van der Waals surface area (Å²) in [5.41, 5.74) is 2.81. The van der Waals surface area contributed by atoms with Crippen molar-refractivity contribution >= 4 is 10.9 Å². The van der Waals surface area contributed by atoms with Crippen LogP contribution >= 0.6 is 0 Å². The summed E-state index contributed by atoms with van der Waals surface area (Å²) in [4.78, 5) is 0. The molecule has 0 aliphatic rings. The van der Waals surface area contributed by atoms with Gasteiger partial charge in [-0.25, -0.2) is 0 Å². The average Bonchev–Trinajstić information content (AvgIpc) is 2.79. The molecule has 0 aliphatic carbocycles. The summed E-state index contributed by atoms with van der Waals surface area (Å²) >= 11 is 0. The Balaban J connectivity index is 2.16. The van der Waals surface area contributed by atoms with Gasteiger partial charge in [-0.1, -0.05) is 44.9 Å². The standard InChI is InChI=1S/C17H26N2/c1-3-5-8-12-19-14-15(13-18-11-4-2)16-9-6-7-10-17(16)19/h6-7,9-10,14,18H,3-5,8,11-13H2,1-2H3. The lowest BCUT2D eigenvalue weighted by atomic mass is 10.2. The minimum absolute atomic E-state index is 0.981. The topological polar surface area (TPSA) is 17.0 Å². The highest BCUT2D eigenvalue weighted by atomic mass is 15.0. The summed E-state index contributed by atoms with van der Waals surface area (Å²) in [6.45, 7) is 7.68. The molecule has 0 saturated carbocycles. The van der Waals surface area contributed by atoms with Crippen molar-refractivity contribution in [2.24, 2.45) is 0 Å². The maximum atomic E-state index is 3.51. The first-order valence-electron chi connectivity index (χ1n) is 7.64. The van der Waals surface area contributed by atoms with E-state index in [9.17, 15) is 0 Å². The molecule has 2 nitrogen and oxygen atoms in total. The second-order valence-electron chi connectivity index (χ2n) is 5.25. The van der Waals surface area contributed by atoms with Crippen LogP contribution in [-0.2, 0) is 13.1 Å². The van der Waals surface area contributed by atoms with Crippen molar-refractivity contribution in [2.45, 2.75) is 52.6 Å². The number of aromatic nitrogens is 1. The fourth-order valence-electron chi connectivity index (χ4n) is 2.58. The predicted molar refractivity (Wildman–Crippen MR) is 83.5 cm³/mol. The quantitative estimate of drug-likeness (QED) is 0.697. The van der Waals surface area contributed by atoms with Crippen LogP contribution in [-0.4, -0.2) is 11.1 Å². The minimum atomic E-state index is 0.981. The SMILES string of the molecule is CCCCCn1cc(CNCCC)c2ccccc21. The van der Waals surface area contributed by atoms with Crippen LogP contribution in [0.25, 0.3) is 10.9 Å². The monoisotopic (exact) mass is 258 g/mol. The van der Waals surface area contributed by atoms with Gasteiger partial charge in [-0.3, -0.25) is 0 Å². The van der Waals surface area contributed by atoms with Gasteiger partial charge in [-0.2, -0.15) is 0 Å². The molecule has 2 aromatic rings. The summed E-state index contributed by atoms with van der Waals surface area (Å²) < 4.78 is 2.42. The Hall–Kier alpha value is -1.28. The largest absolute Gasteiger partial charge is 0.347 e. The van der Waals surface area contributed by atoms with Crippen molar-refractivity contribution in [3.8, 4) is 0 Å². The van der Waals surface area contributed by atoms with Crippen LogP contribution in [0, 0.1) is 0 Å². The molecule has 104 valence electrons. The molecule has 0 spiro atoms. The van der Waals surface area contributed by atoms with Crippen molar-refractivity contribution in [3.63, 3.8) is 0 Å². The van der Waals surface area contributed by atoms with E-state index in [4.69, 9.17) is 0 Å². The number of benzene rings is 1. The fraction of sp³-hybridized carbons (Fsp3) is 0.529. The van der Waals surface area contributed by atoms with Gasteiger partial charge in [0.2, 0.25) is 0 Å².